The molecule has 6 heteroatoms. The van der Waals surface area contributed by atoms with Crippen LogP contribution in [0.15, 0.2) is 12.2 Å². The van der Waals surface area contributed by atoms with Gasteiger partial charge in [-0.1, -0.05) is 6.58 Å². The maximum atomic E-state index is 11.6. The van der Waals surface area contributed by atoms with Gasteiger partial charge in [0, 0.05) is 18.4 Å². The van der Waals surface area contributed by atoms with E-state index in [4.69, 9.17) is 18.9 Å². The third-order valence-electron chi connectivity index (χ3n) is 3.62. The summed E-state index contributed by atoms with van der Waals surface area (Å²) in [6.45, 7) is 5.72. The maximum Gasteiger partial charge on any atom is 0.333 e. The summed E-state index contributed by atoms with van der Waals surface area (Å²) in [5, 5.41) is 0. The van der Waals surface area contributed by atoms with E-state index in [1.807, 2.05) is 0 Å². The zero-order valence-corrected chi connectivity index (χ0v) is 12.4. The average molecular weight is 298 g/mol. The number of carbonyl (C=O) groups is 2. The Balaban J connectivity index is 1.63. The molecule has 0 N–H and O–H groups in total. The van der Waals surface area contributed by atoms with Crippen molar-refractivity contribution in [2.24, 2.45) is 0 Å². The average Bonchev–Trinajstić information content (AvgIpc) is 2.90. The molecular formula is C15H22O6. The molecule has 0 aromatic carbocycles. The molecule has 0 radical (unpaired) electrons. The molecule has 0 aromatic rings. The highest BCUT2D eigenvalue weighted by molar-refractivity contribution is 5.87. The monoisotopic (exact) mass is 298 g/mol. The van der Waals surface area contributed by atoms with E-state index < -0.39 is 17.7 Å². The summed E-state index contributed by atoms with van der Waals surface area (Å²) in [5.41, 5.74) is 0.305. The minimum Gasteiger partial charge on any atom is -0.462 e. The predicted octanol–water partition coefficient (Wildman–Crippen LogP) is 1.72. The second kappa shape index (κ2) is 7.04. The van der Waals surface area contributed by atoms with Crippen molar-refractivity contribution >= 4 is 11.9 Å². The Labute approximate surface area is 124 Å². The molecule has 2 fully saturated rings. The summed E-state index contributed by atoms with van der Waals surface area (Å²) in [7, 11) is 0. The van der Waals surface area contributed by atoms with E-state index in [0.717, 1.165) is 25.7 Å². The molecule has 1 heterocycles. The first-order valence-corrected chi connectivity index (χ1v) is 7.31. The number of carbonyl (C=O) groups excluding carboxylic acids is 2. The molecule has 0 aromatic heterocycles. The fourth-order valence-electron chi connectivity index (χ4n) is 2.44. The van der Waals surface area contributed by atoms with Gasteiger partial charge >= 0.3 is 11.9 Å². The van der Waals surface area contributed by atoms with E-state index in [1.54, 1.807) is 6.92 Å². The lowest BCUT2D eigenvalue weighted by molar-refractivity contribution is -0.290. The quantitative estimate of drug-likeness (QED) is 0.568. The van der Waals surface area contributed by atoms with Crippen LogP contribution in [-0.2, 0) is 28.5 Å². The fourth-order valence-corrected chi connectivity index (χ4v) is 2.44. The van der Waals surface area contributed by atoms with Gasteiger partial charge in [0.2, 0.25) is 0 Å². The zero-order valence-electron chi connectivity index (χ0n) is 12.4. The van der Waals surface area contributed by atoms with Crippen LogP contribution in [0.3, 0.4) is 0 Å². The van der Waals surface area contributed by atoms with Gasteiger partial charge in [0.1, 0.15) is 12.7 Å². The smallest absolute Gasteiger partial charge is 0.333 e. The third-order valence-corrected chi connectivity index (χ3v) is 3.62. The van der Waals surface area contributed by atoms with Gasteiger partial charge in [-0.25, -0.2) is 4.79 Å². The topological polar surface area (TPSA) is 71.1 Å². The van der Waals surface area contributed by atoms with Crippen molar-refractivity contribution in [1.82, 2.24) is 0 Å². The molecule has 1 spiro atoms. The number of hydrogen-bond donors (Lipinski definition) is 0. The minimum absolute atomic E-state index is 0.0110. The van der Waals surface area contributed by atoms with Gasteiger partial charge in [-0.05, 0) is 19.8 Å². The van der Waals surface area contributed by atoms with Crippen LogP contribution in [-0.4, -0.2) is 43.7 Å². The highest BCUT2D eigenvalue weighted by Crippen LogP contribution is 2.36. The van der Waals surface area contributed by atoms with Gasteiger partial charge in [-0.2, -0.15) is 0 Å². The van der Waals surface area contributed by atoms with Crippen LogP contribution in [0.2, 0.25) is 0 Å². The van der Waals surface area contributed by atoms with E-state index in [2.05, 4.69) is 6.58 Å². The van der Waals surface area contributed by atoms with Crippen molar-refractivity contribution in [2.75, 3.05) is 19.8 Å². The lowest BCUT2D eigenvalue weighted by atomic mass is 10.2. The normalized spacial score (nSPS) is 21.2. The van der Waals surface area contributed by atoms with Gasteiger partial charge < -0.3 is 18.9 Å². The molecule has 0 bridgehead atoms. The minimum atomic E-state index is -0.504. The van der Waals surface area contributed by atoms with E-state index >= 15 is 0 Å². The van der Waals surface area contributed by atoms with Crippen LogP contribution < -0.4 is 0 Å². The van der Waals surface area contributed by atoms with E-state index in [1.165, 1.54) is 0 Å². The molecule has 1 aliphatic carbocycles. The van der Waals surface area contributed by atoms with Gasteiger partial charge in [0.25, 0.3) is 0 Å². The largest absolute Gasteiger partial charge is 0.462 e. The highest BCUT2D eigenvalue weighted by atomic mass is 16.7. The van der Waals surface area contributed by atoms with Gasteiger partial charge in [0.15, 0.2) is 5.79 Å². The first-order chi connectivity index (χ1) is 10.0. The Hall–Kier alpha value is -1.40. The molecular weight excluding hydrogens is 276 g/mol. The summed E-state index contributed by atoms with van der Waals surface area (Å²) in [4.78, 5) is 22.8. The Morgan fingerprint density at radius 3 is 2.43 bits per heavy atom. The molecule has 2 rings (SSSR count). The number of ether oxygens (including phenoxy) is 4. The summed E-state index contributed by atoms with van der Waals surface area (Å²) >= 11 is 0. The van der Waals surface area contributed by atoms with Crippen molar-refractivity contribution in [3.8, 4) is 0 Å². The molecule has 2 aliphatic rings. The van der Waals surface area contributed by atoms with Gasteiger partial charge in [-0.3, -0.25) is 4.79 Å². The Bertz CT molecular complexity index is 400. The Morgan fingerprint density at radius 1 is 1.24 bits per heavy atom. The summed E-state index contributed by atoms with van der Waals surface area (Å²) in [6, 6.07) is 0. The Morgan fingerprint density at radius 2 is 1.86 bits per heavy atom. The molecule has 1 aliphatic heterocycles. The molecule has 118 valence electrons. The van der Waals surface area contributed by atoms with Crippen molar-refractivity contribution in [2.45, 2.75) is 50.9 Å². The maximum absolute atomic E-state index is 11.6. The summed E-state index contributed by atoms with van der Waals surface area (Å²) in [5.74, 6) is -1.38. The highest BCUT2D eigenvalue weighted by Gasteiger charge is 2.41. The SMILES string of the molecule is C=C(C)C(=O)OCCC(=O)OC1COC2(CCCC2)OC1. The molecule has 0 unspecified atom stereocenters. The Kier molecular flexibility index (Phi) is 5.36. The third kappa shape index (κ3) is 4.54. The summed E-state index contributed by atoms with van der Waals surface area (Å²) < 4.78 is 21.5. The zero-order chi connectivity index (χ0) is 15.3. The first-order valence-electron chi connectivity index (χ1n) is 7.31. The molecule has 1 saturated heterocycles. The molecule has 6 nitrogen and oxygen atoms in total. The molecule has 0 atom stereocenters. The van der Waals surface area contributed by atoms with Crippen LogP contribution in [0.1, 0.15) is 39.0 Å². The lowest BCUT2D eigenvalue weighted by Crippen LogP contribution is -2.46. The fraction of sp³-hybridized carbons (Fsp3) is 0.733. The molecule has 0 amide bonds. The van der Waals surface area contributed by atoms with E-state index in [9.17, 15) is 9.59 Å². The second-order valence-corrected chi connectivity index (χ2v) is 5.52. The van der Waals surface area contributed by atoms with Crippen LogP contribution in [0.4, 0.5) is 0 Å². The number of hydrogen-bond acceptors (Lipinski definition) is 6. The standard InChI is InChI=1S/C15H22O6/c1-11(2)14(17)18-8-5-13(16)21-12-9-19-15(20-10-12)6-3-4-7-15/h12H,1,3-10H2,2H3. The number of esters is 2. The molecule has 1 saturated carbocycles. The van der Waals surface area contributed by atoms with Crippen molar-refractivity contribution in [1.29, 1.82) is 0 Å². The van der Waals surface area contributed by atoms with Crippen LogP contribution >= 0.6 is 0 Å². The van der Waals surface area contributed by atoms with Crippen LogP contribution in [0.5, 0.6) is 0 Å². The first kappa shape index (κ1) is 16.0. The van der Waals surface area contributed by atoms with Gasteiger partial charge in [0.05, 0.1) is 19.6 Å². The second-order valence-electron chi connectivity index (χ2n) is 5.52. The van der Waals surface area contributed by atoms with Gasteiger partial charge in [-0.15, -0.1) is 0 Å². The summed E-state index contributed by atoms with van der Waals surface area (Å²) in [6.07, 6.45) is 3.66. The van der Waals surface area contributed by atoms with E-state index in [-0.39, 0.29) is 19.1 Å². The van der Waals surface area contributed by atoms with Crippen LogP contribution in [0.25, 0.3) is 0 Å². The van der Waals surface area contributed by atoms with Crippen molar-refractivity contribution in [3.63, 3.8) is 0 Å². The predicted molar refractivity (Wildman–Crippen MR) is 73.4 cm³/mol. The van der Waals surface area contributed by atoms with E-state index in [0.29, 0.717) is 18.8 Å². The number of rotatable bonds is 5. The van der Waals surface area contributed by atoms with Crippen molar-refractivity contribution in [3.05, 3.63) is 12.2 Å². The van der Waals surface area contributed by atoms with Crippen LogP contribution in [0, 0.1) is 0 Å². The molecule has 21 heavy (non-hydrogen) atoms. The lowest BCUT2D eigenvalue weighted by Gasteiger charge is -2.37. The van der Waals surface area contributed by atoms with Crippen molar-refractivity contribution < 1.29 is 28.5 Å².